The Morgan fingerprint density at radius 3 is 2.83 bits per heavy atom. The maximum Gasteiger partial charge on any atom is 0.263 e. The largest absolute Gasteiger partial charge is 0.373 e. The molecule has 0 spiro atoms. The van der Waals surface area contributed by atoms with E-state index in [1.165, 1.54) is 16.6 Å². The standard InChI is InChI=1S/C11H15FN2O3S/c1-11(2)8-14(6-7-17-11)18(15,16)10-9(12)4-3-5-13-10/h3-5H,6-8H2,1-2H3. The quantitative estimate of drug-likeness (QED) is 0.808. The van der Waals surface area contributed by atoms with E-state index in [1.807, 2.05) is 0 Å². The van der Waals surface area contributed by atoms with Crippen LogP contribution in [-0.4, -0.2) is 43.0 Å². The number of aromatic nitrogens is 1. The third kappa shape index (κ3) is 2.52. The van der Waals surface area contributed by atoms with Crippen LogP contribution in [0.1, 0.15) is 13.8 Å². The molecule has 0 aliphatic carbocycles. The van der Waals surface area contributed by atoms with Crippen LogP contribution in [-0.2, 0) is 14.8 Å². The lowest BCUT2D eigenvalue weighted by molar-refractivity contribution is -0.0641. The molecule has 100 valence electrons. The number of nitrogens with zero attached hydrogens (tertiary/aromatic N) is 2. The molecule has 0 N–H and O–H groups in total. The molecule has 0 unspecified atom stereocenters. The Morgan fingerprint density at radius 2 is 2.22 bits per heavy atom. The smallest absolute Gasteiger partial charge is 0.263 e. The summed E-state index contributed by atoms with van der Waals surface area (Å²) in [5.41, 5.74) is -0.573. The SMILES string of the molecule is CC1(C)CN(S(=O)(=O)c2ncccc2F)CCO1. The van der Waals surface area contributed by atoms with Gasteiger partial charge in [-0.05, 0) is 26.0 Å². The summed E-state index contributed by atoms with van der Waals surface area (Å²) in [4.78, 5) is 3.63. The zero-order chi connectivity index (χ0) is 13.4. The van der Waals surface area contributed by atoms with Gasteiger partial charge < -0.3 is 4.74 Å². The Balaban J connectivity index is 2.35. The van der Waals surface area contributed by atoms with Gasteiger partial charge in [-0.25, -0.2) is 17.8 Å². The van der Waals surface area contributed by atoms with Gasteiger partial charge in [-0.1, -0.05) is 0 Å². The van der Waals surface area contributed by atoms with Gasteiger partial charge in [-0.2, -0.15) is 4.31 Å². The number of ether oxygens (including phenoxy) is 1. The van der Waals surface area contributed by atoms with Crippen LogP contribution in [0.3, 0.4) is 0 Å². The first-order valence-electron chi connectivity index (χ1n) is 5.57. The van der Waals surface area contributed by atoms with E-state index in [-0.39, 0.29) is 13.1 Å². The van der Waals surface area contributed by atoms with E-state index in [0.717, 1.165) is 6.07 Å². The minimum Gasteiger partial charge on any atom is -0.373 e. The first-order chi connectivity index (χ1) is 8.33. The average Bonchev–Trinajstić information content (AvgIpc) is 2.28. The van der Waals surface area contributed by atoms with Crippen LogP contribution in [0.5, 0.6) is 0 Å². The fourth-order valence-corrected chi connectivity index (χ4v) is 3.41. The number of sulfonamides is 1. The predicted octanol–water partition coefficient (Wildman–Crippen LogP) is 1.02. The van der Waals surface area contributed by atoms with Crippen LogP contribution >= 0.6 is 0 Å². The summed E-state index contributed by atoms with van der Waals surface area (Å²) in [5.74, 6) is -0.832. The summed E-state index contributed by atoms with van der Waals surface area (Å²) < 4.78 is 44.7. The van der Waals surface area contributed by atoms with Crippen molar-refractivity contribution in [3.05, 3.63) is 24.1 Å². The van der Waals surface area contributed by atoms with Gasteiger partial charge in [0.25, 0.3) is 10.0 Å². The summed E-state index contributed by atoms with van der Waals surface area (Å²) >= 11 is 0. The van der Waals surface area contributed by atoms with Gasteiger partial charge >= 0.3 is 0 Å². The van der Waals surface area contributed by atoms with Crippen LogP contribution in [0.2, 0.25) is 0 Å². The first kappa shape index (κ1) is 13.4. The Kier molecular flexibility index (Phi) is 3.39. The molecule has 1 aromatic rings. The molecule has 0 saturated carbocycles. The molecule has 1 aliphatic heterocycles. The second-order valence-corrected chi connectivity index (χ2v) is 6.59. The normalized spacial score (nSPS) is 20.8. The monoisotopic (exact) mass is 274 g/mol. The van der Waals surface area contributed by atoms with Gasteiger partial charge in [0.05, 0.1) is 12.2 Å². The first-order valence-corrected chi connectivity index (χ1v) is 7.02. The fraction of sp³-hybridized carbons (Fsp3) is 0.545. The third-order valence-corrected chi connectivity index (χ3v) is 4.48. The lowest BCUT2D eigenvalue weighted by atomic mass is 10.1. The molecule has 1 saturated heterocycles. The van der Waals surface area contributed by atoms with Gasteiger partial charge in [0.2, 0.25) is 5.03 Å². The highest BCUT2D eigenvalue weighted by atomic mass is 32.2. The highest BCUT2D eigenvalue weighted by Crippen LogP contribution is 2.23. The van der Waals surface area contributed by atoms with Gasteiger partial charge in [-0.3, -0.25) is 0 Å². The Labute approximate surface area is 106 Å². The van der Waals surface area contributed by atoms with E-state index in [9.17, 15) is 12.8 Å². The molecule has 1 fully saturated rings. The zero-order valence-electron chi connectivity index (χ0n) is 10.3. The lowest BCUT2D eigenvalue weighted by Crippen LogP contribution is -2.50. The van der Waals surface area contributed by atoms with E-state index in [0.29, 0.717) is 6.61 Å². The van der Waals surface area contributed by atoms with E-state index < -0.39 is 26.5 Å². The van der Waals surface area contributed by atoms with Crippen molar-refractivity contribution in [3.8, 4) is 0 Å². The van der Waals surface area contributed by atoms with Crippen molar-refractivity contribution < 1.29 is 17.5 Å². The van der Waals surface area contributed by atoms with Crippen LogP contribution < -0.4 is 0 Å². The average molecular weight is 274 g/mol. The topological polar surface area (TPSA) is 59.5 Å². The van der Waals surface area contributed by atoms with Crippen molar-refractivity contribution in [2.45, 2.75) is 24.5 Å². The summed E-state index contributed by atoms with van der Waals surface area (Å²) in [6.45, 7) is 4.28. The van der Waals surface area contributed by atoms with Crippen molar-refractivity contribution in [1.29, 1.82) is 0 Å². The van der Waals surface area contributed by atoms with Crippen LogP contribution in [0.25, 0.3) is 0 Å². The molecular formula is C11H15FN2O3S. The highest BCUT2D eigenvalue weighted by Gasteiger charge is 2.36. The van der Waals surface area contributed by atoms with Gasteiger partial charge in [0.15, 0.2) is 5.82 Å². The summed E-state index contributed by atoms with van der Waals surface area (Å²) in [6.07, 6.45) is 1.27. The van der Waals surface area contributed by atoms with Crippen molar-refractivity contribution in [2.75, 3.05) is 19.7 Å². The molecule has 0 aromatic carbocycles. The van der Waals surface area contributed by atoms with E-state index >= 15 is 0 Å². The number of rotatable bonds is 2. The van der Waals surface area contributed by atoms with E-state index in [1.54, 1.807) is 13.8 Å². The molecule has 18 heavy (non-hydrogen) atoms. The van der Waals surface area contributed by atoms with Crippen molar-refractivity contribution in [3.63, 3.8) is 0 Å². The minimum absolute atomic E-state index is 0.186. The highest BCUT2D eigenvalue weighted by molar-refractivity contribution is 7.89. The molecule has 2 heterocycles. The maximum absolute atomic E-state index is 13.5. The maximum atomic E-state index is 13.5. The second-order valence-electron chi connectivity index (χ2n) is 4.74. The van der Waals surface area contributed by atoms with Gasteiger partial charge in [0, 0.05) is 19.3 Å². The Hall–Kier alpha value is -1.05. The number of halogens is 1. The number of pyridine rings is 1. The molecule has 0 radical (unpaired) electrons. The molecule has 2 rings (SSSR count). The van der Waals surface area contributed by atoms with Crippen molar-refractivity contribution >= 4 is 10.0 Å². The molecule has 5 nitrogen and oxygen atoms in total. The van der Waals surface area contributed by atoms with E-state index in [4.69, 9.17) is 4.74 Å². The van der Waals surface area contributed by atoms with Crippen molar-refractivity contribution in [2.24, 2.45) is 0 Å². The summed E-state index contributed by atoms with van der Waals surface area (Å²) in [5, 5.41) is -0.525. The number of hydrogen-bond donors (Lipinski definition) is 0. The summed E-state index contributed by atoms with van der Waals surface area (Å²) in [7, 11) is -3.90. The Bertz CT molecular complexity index is 545. The summed E-state index contributed by atoms with van der Waals surface area (Å²) in [6, 6.07) is 2.45. The van der Waals surface area contributed by atoms with Gasteiger partial charge in [0.1, 0.15) is 0 Å². The lowest BCUT2D eigenvalue weighted by Gasteiger charge is -2.37. The molecule has 0 amide bonds. The van der Waals surface area contributed by atoms with Crippen molar-refractivity contribution in [1.82, 2.24) is 9.29 Å². The molecule has 1 aromatic heterocycles. The minimum atomic E-state index is -3.90. The molecular weight excluding hydrogens is 259 g/mol. The molecule has 1 aliphatic rings. The third-order valence-electron chi connectivity index (χ3n) is 2.70. The predicted molar refractivity (Wildman–Crippen MR) is 63.0 cm³/mol. The number of morpholine rings is 1. The second kappa shape index (κ2) is 4.56. The fourth-order valence-electron chi connectivity index (χ4n) is 1.86. The van der Waals surface area contributed by atoms with Crippen LogP contribution in [0, 0.1) is 5.82 Å². The molecule has 7 heteroatoms. The van der Waals surface area contributed by atoms with Gasteiger partial charge in [-0.15, -0.1) is 0 Å². The van der Waals surface area contributed by atoms with Crippen LogP contribution in [0.4, 0.5) is 4.39 Å². The zero-order valence-corrected chi connectivity index (χ0v) is 11.1. The molecule has 0 atom stereocenters. The molecule has 0 bridgehead atoms. The Morgan fingerprint density at radius 1 is 1.50 bits per heavy atom. The number of hydrogen-bond acceptors (Lipinski definition) is 4. The van der Waals surface area contributed by atoms with E-state index in [2.05, 4.69) is 4.98 Å². The van der Waals surface area contributed by atoms with Crippen LogP contribution in [0.15, 0.2) is 23.4 Å².